The van der Waals surface area contributed by atoms with Crippen LogP contribution in [0.1, 0.15) is 41.0 Å². The molecule has 1 unspecified atom stereocenters. The van der Waals surface area contributed by atoms with E-state index in [1.807, 2.05) is 37.3 Å². The standard InChI is InChI=1S/C17H20N2O3S2/c1-13(14-7-3-2-4-8-14)18-17(20)16-15(9-12-23-16)24(21,22)19-10-5-6-11-19/h2-4,7-9,12-13H,5-6,10-11H2,1H3,(H,18,20). The Bertz CT molecular complexity index is 809. The predicted molar refractivity (Wildman–Crippen MR) is 94.6 cm³/mol. The minimum atomic E-state index is -3.59. The second-order valence-corrected chi connectivity index (χ2v) is 8.65. The first-order chi connectivity index (χ1) is 11.5. The van der Waals surface area contributed by atoms with Gasteiger partial charge in [0.2, 0.25) is 10.0 Å². The van der Waals surface area contributed by atoms with Crippen LogP contribution in [0.25, 0.3) is 0 Å². The smallest absolute Gasteiger partial charge is 0.263 e. The monoisotopic (exact) mass is 364 g/mol. The van der Waals surface area contributed by atoms with E-state index in [0.29, 0.717) is 13.1 Å². The summed E-state index contributed by atoms with van der Waals surface area (Å²) in [4.78, 5) is 13.0. The van der Waals surface area contributed by atoms with Crippen LogP contribution >= 0.6 is 11.3 Å². The zero-order valence-electron chi connectivity index (χ0n) is 13.4. The average molecular weight is 364 g/mol. The van der Waals surface area contributed by atoms with Crippen molar-refractivity contribution in [3.63, 3.8) is 0 Å². The Balaban J connectivity index is 1.81. The molecule has 5 nitrogen and oxygen atoms in total. The minimum absolute atomic E-state index is 0.118. The van der Waals surface area contributed by atoms with Crippen molar-refractivity contribution in [2.24, 2.45) is 0 Å². The van der Waals surface area contributed by atoms with Crippen LogP contribution in [0.3, 0.4) is 0 Å². The number of nitrogens with zero attached hydrogens (tertiary/aromatic N) is 1. The normalized spacial score (nSPS) is 16.9. The fourth-order valence-corrected chi connectivity index (χ4v) is 5.64. The molecule has 1 aromatic heterocycles. The van der Waals surface area contributed by atoms with Crippen LogP contribution in [0.4, 0.5) is 0 Å². The lowest BCUT2D eigenvalue weighted by atomic mass is 10.1. The Morgan fingerprint density at radius 2 is 1.83 bits per heavy atom. The van der Waals surface area contributed by atoms with Crippen LogP contribution in [0, 0.1) is 0 Å². The van der Waals surface area contributed by atoms with Gasteiger partial charge in [-0.25, -0.2) is 8.42 Å². The summed E-state index contributed by atoms with van der Waals surface area (Å²) in [5.41, 5.74) is 0.978. The lowest BCUT2D eigenvalue weighted by Crippen LogP contribution is -2.31. The quantitative estimate of drug-likeness (QED) is 0.887. The molecular weight excluding hydrogens is 344 g/mol. The number of hydrogen-bond acceptors (Lipinski definition) is 4. The van der Waals surface area contributed by atoms with Gasteiger partial charge in [0.05, 0.1) is 6.04 Å². The first kappa shape index (κ1) is 17.1. The minimum Gasteiger partial charge on any atom is -0.345 e. The van der Waals surface area contributed by atoms with Crippen LogP contribution in [-0.2, 0) is 10.0 Å². The van der Waals surface area contributed by atoms with Crippen molar-refractivity contribution in [1.82, 2.24) is 9.62 Å². The number of nitrogens with one attached hydrogen (secondary N) is 1. The van der Waals surface area contributed by atoms with Gasteiger partial charge >= 0.3 is 0 Å². The Hall–Kier alpha value is -1.70. The maximum atomic E-state index is 12.7. The Morgan fingerprint density at radius 1 is 1.17 bits per heavy atom. The van der Waals surface area contributed by atoms with Crippen molar-refractivity contribution in [2.75, 3.05) is 13.1 Å². The molecule has 128 valence electrons. The maximum absolute atomic E-state index is 12.7. The van der Waals surface area contributed by atoms with Crippen LogP contribution in [0.2, 0.25) is 0 Å². The van der Waals surface area contributed by atoms with Gasteiger partial charge in [0.1, 0.15) is 9.77 Å². The molecule has 2 heterocycles. The molecule has 1 fully saturated rings. The zero-order valence-corrected chi connectivity index (χ0v) is 15.1. The summed E-state index contributed by atoms with van der Waals surface area (Å²) in [6.07, 6.45) is 1.74. The number of carbonyl (C=O) groups is 1. The molecule has 2 aromatic rings. The number of benzene rings is 1. The van der Waals surface area contributed by atoms with Crippen molar-refractivity contribution in [3.8, 4) is 0 Å². The first-order valence-corrected chi connectivity index (χ1v) is 10.3. The second-order valence-electron chi connectivity index (χ2n) is 5.83. The molecular formula is C17H20N2O3S2. The fraction of sp³-hybridized carbons (Fsp3) is 0.353. The van der Waals surface area contributed by atoms with E-state index in [2.05, 4.69) is 5.32 Å². The van der Waals surface area contributed by atoms with E-state index < -0.39 is 10.0 Å². The molecule has 1 saturated heterocycles. The summed E-state index contributed by atoms with van der Waals surface area (Å²) in [7, 11) is -3.59. The van der Waals surface area contributed by atoms with Gasteiger partial charge in [0.25, 0.3) is 5.91 Å². The van der Waals surface area contributed by atoms with Gasteiger partial charge in [0, 0.05) is 13.1 Å². The third kappa shape index (κ3) is 3.38. The molecule has 0 spiro atoms. The summed E-state index contributed by atoms with van der Waals surface area (Å²) < 4.78 is 26.9. The average Bonchev–Trinajstić information content (AvgIpc) is 3.27. The molecule has 7 heteroatoms. The first-order valence-electron chi connectivity index (χ1n) is 7.93. The molecule has 1 aliphatic heterocycles. The van der Waals surface area contributed by atoms with Crippen molar-refractivity contribution in [2.45, 2.75) is 30.7 Å². The van der Waals surface area contributed by atoms with E-state index in [1.165, 1.54) is 10.4 Å². The molecule has 3 rings (SSSR count). The number of amides is 1. The predicted octanol–water partition coefficient (Wildman–Crippen LogP) is 3.02. The van der Waals surface area contributed by atoms with Crippen LogP contribution in [0.5, 0.6) is 0 Å². The zero-order chi connectivity index (χ0) is 17.2. The molecule has 1 aromatic carbocycles. The van der Waals surface area contributed by atoms with Crippen molar-refractivity contribution in [1.29, 1.82) is 0 Å². The van der Waals surface area contributed by atoms with E-state index in [9.17, 15) is 13.2 Å². The van der Waals surface area contributed by atoms with E-state index in [-0.39, 0.29) is 21.7 Å². The number of thiophene rings is 1. The number of carbonyl (C=O) groups excluding carboxylic acids is 1. The molecule has 1 N–H and O–H groups in total. The van der Waals surface area contributed by atoms with Crippen LogP contribution < -0.4 is 5.32 Å². The molecule has 1 amide bonds. The lowest BCUT2D eigenvalue weighted by molar-refractivity contribution is 0.0941. The van der Waals surface area contributed by atoms with Gasteiger partial charge < -0.3 is 5.32 Å². The van der Waals surface area contributed by atoms with Gasteiger partial charge in [-0.05, 0) is 36.8 Å². The molecule has 24 heavy (non-hydrogen) atoms. The van der Waals surface area contributed by atoms with Crippen LogP contribution in [0.15, 0.2) is 46.7 Å². The summed E-state index contributed by atoms with van der Waals surface area (Å²) in [6.45, 7) is 2.94. The Morgan fingerprint density at radius 3 is 2.50 bits per heavy atom. The molecule has 0 bridgehead atoms. The summed E-state index contributed by atoms with van der Waals surface area (Å²) in [6, 6.07) is 10.9. The van der Waals surface area contributed by atoms with E-state index in [1.54, 1.807) is 5.38 Å². The van der Waals surface area contributed by atoms with E-state index in [4.69, 9.17) is 0 Å². The topological polar surface area (TPSA) is 66.5 Å². The van der Waals surface area contributed by atoms with Gasteiger partial charge in [-0.15, -0.1) is 11.3 Å². The van der Waals surface area contributed by atoms with Crippen molar-refractivity contribution < 1.29 is 13.2 Å². The van der Waals surface area contributed by atoms with Gasteiger partial charge in [-0.2, -0.15) is 4.31 Å². The SMILES string of the molecule is CC(NC(=O)c1sccc1S(=O)(=O)N1CCCC1)c1ccccc1. The summed E-state index contributed by atoms with van der Waals surface area (Å²) in [5, 5.41) is 4.55. The third-order valence-corrected chi connectivity index (χ3v) is 7.15. The van der Waals surface area contributed by atoms with Gasteiger partial charge in [-0.3, -0.25) is 4.79 Å². The summed E-state index contributed by atoms with van der Waals surface area (Å²) in [5.74, 6) is -0.348. The molecule has 0 radical (unpaired) electrons. The highest BCUT2D eigenvalue weighted by Gasteiger charge is 2.32. The van der Waals surface area contributed by atoms with Gasteiger partial charge in [0.15, 0.2) is 0 Å². The van der Waals surface area contributed by atoms with Crippen LogP contribution in [-0.4, -0.2) is 31.7 Å². The van der Waals surface area contributed by atoms with E-state index in [0.717, 1.165) is 29.7 Å². The number of hydrogen-bond donors (Lipinski definition) is 1. The Kier molecular flexibility index (Phi) is 5.03. The van der Waals surface area contributed by atoms with Crippen molar-refractivity contribution in [3.05, 3.63) is 52.2 Å². The maximum Gasteiger partial charge on any atom is 0.263 e. The van der Waals surface area contributed by atoms with Gasteiger partial charge in [-0.1, -0.05) is 30.3 Å². The Labute approximate surface area is 146 Å². The highest BCUT2D eigenvalue weighted by molar-refractivity contribution is 7.89. The molecule has 0 aliphatic carbocycles. The molecule has 1 aliphatic rings. The lowest BCUT2D eigenvalue weighted by Gasteiger charge is -2.17. The van der Waals surface area contributed by atoms with E-state index >= 15 is 0 Å². The summed E-state index contributed by atoms with van der Waals surface area (Å²) >= 11 is 1.16. The highest BCUT2D eigenvalue weighted by Crippen LogP contribution is 2.28. The van der Waals surface area contributed by atoms with Crippen molar-refractivity contribution >= 4 is 27.3 Å². The second kappa shape index (κ2) is 7.04. The molecule has 1 atom stereocenters. The third-order valence-electron chi connectivity index (χ3n) is 4.17. The largest absolute Gasteiger partial charge is 0.345 e. The highest BCUT2D eigenvalue weighted by atomic mass is 32.2. The number of rotatable bonds is 5. The molecule has 0 saturated carbocycles. The number of sulfonamides is 1. The fourth-order valence-electron chi connectivity index (χ4n) is 2.82.